The van der Waals surface area contributed by atoms with Gasteiger partial charge in [-0.05, 0) is 75.0 Å². The molecule has 6 nitrogen and oxygen atoms in total. The van der Waals surface area contributed by atoms with Crippen molar-refractivity contribution in [3.63, 3.8) is 0 Å². The summed E-state index contributed by atoms with van der Waals surface area (Å²) in [6.45, 7) is 0. The fourth-order valence-corrected chi connectivity index (χ4v) is 2.33. The Hall–Kier alpha value is -2.29. The van der Waals surface area contributed by atoms with Crippen molar-refractivity contribution in [1.29, 1.82) is 0 Å². The Labute approximate surface area is 140 Å². The Morgan fingerprint density at radius 2 is 1.82 bits per heavy atom. The SMILES string of the molecule is O=C(Cc1ccc(-n2cnnn2)cc1)Nc1ccc(I)cc1. The van der Waals surface area contributed by atoms with E-state index in [9.17, 15) is 4.79 Å². The molecule has 7 heteroatoms. The Balaban J connectivity index is 1.63. The van der Waals surface area contributed by atoms with Crippen LogP contribution in [0, 0.1) is 3.57 Å². The molecule has 0 spiro atoms. The fraction of sp³-hybridized carbons (Fsp3) is 0.0667. The Kier molecular flexibility index (Phi) is 4.42. The Bertz CT molecular complexity index is 754. The quantitative estimate of drug-likeness (QED) is 0.677. The highest BCUT2D eigenvalue weighted by Crippen LogP contribution is 2.13. The summed E-state index contributed by atoms with van der Waals surface area (Å²) in [5.74, 6) is -0.0450. The largest absolute Gasteiger partial charge is 0.326 e. The molecule has 0 aliphatic heterocycles. The highest BCUT2D eigenvalue weighted by molar-refractivity contribution is 14.1. The summed E-state index contributed by atoms with van der Waals surface area (Å²) in [5, 5.41) is 13.9. The van der Waals surface area contributed by atoms with Crippen LogP contribution in [0.1, 0.15) is 5.56 Å². The van der Waals surface area contributed by atoms with Crippen LogP contribution in [0.2, 0.25) is 0 Å². The normalized spacial score (nSPS) is 10.4. The lowest BCUT2D eigenvalue weighted by Gasteiger charge is -2.06. The van der Waals surface area contributed by atoms with Gasteiger partial charge in [-0.2, -0.15) is 0 Å². The van der Waals surface area contributed by atoms with Crippen molar-refractivity contribution >= 4 is 34.2 Å². The average molecular weight is 405 g/mol. The van der Waals surface area contributed by atoms with E-state index < -0.39 is 0 Å². The molecule has 0 bridgehead atoms. The maximum Gasteiger partial charge on any atom is 0.228 e. The van der Waals surface area contributed by atoms with Crippen LogP contribution in [-0.2, 0) is 11.2 Å². The third-order valence-electron chi connectivity index (χ3n) is 3.04. The number of anilines is 1. The first-order valence-corrected chi connectivity index (χ1v) is 7.66. The van der Waals surface area contributed by atoms with Crippen LogP contribution in [0.5, 0.6) is 0 Å². The lowest BCUT2D eigenvalue weighted by atomic mass is 10.1. The minimum Gasteiger partial charge on any atom is -0.326 e. The summed E-state index contributed by atoms with van der Waals surface area (Å²) in [6, 6.07) is 15.2. The Morgan fingerprint density at radius 3 is 2.45 bits per heavy atom. The second-order valence-corrected chi connectivity index (χ2v) is 5.90. The van der Waals surface area contributed by atoms with Crippen LogP contribution in [0.3, 0.4) is 0 Å². The number of benzene rings is 2. The van der Waals surface area contributed by atoms with Gasteiger partial charge in [0.2, 0.25) is 5.91 Å². The van der Waals surface area contributed by atoms with Crippen LogP contribution in [-0.4, -0.2) is 26.1 Å². The van der Waals surface area contributed by atoms with Gasteiger partial charge in [-0.1, -0.05) is 12.1 Å². The predicted octanol–water partition coefficient (Wildman–Crippen LogP) is 2.45. The zero-order valence-corrected chi connectivity index (χ0v) is 13.6. The van der Waals surface area contributed by atoms with Crippen molar-refractivity contribution in [2.45, 2.75) is 6.42 Å². The summed E-state index contributed by atoms with van der Waals surface area (Å²) in [4.78, 5) is 12.0. The minimum atomic E-state index is -0.0450. The van der Waals surface area contributed by atoms with E-state index in [1.165, 1.54) is 6.33 Å². The fourth-order valence-electron chi connectivity index (χ4n) is 1.97. The number of tetrazole rings is 1. The van der Waals surface area contributed by atoms with E-state index in [0.717, 1.165) is 20.5 Å². The molecule has 0 fully saturated rings. The number of carbonyl (C=O) groups is 1. The molecule has 0 saturated heterocycles. The summed E-state index contributed by atoms with van der Waals surface area (Å²) < 4.78 is 2.70. The van der Waals surface area contributed by atoms with Gasteiger partial charge >= 0.3 is 0 Å². The van der Waals surface area contributed by atoms with Crippen LogP contribution in [0.25, 0.3) is 5.69 Å². The molecule has 1 N–H and O–H groups in total. The van der Waals surface area contributed by atoms with Crippen molar-refractivity contribution in [2.24, 2.45) is 0 Å². The lowest BCUT2D eigenvalue weighted by Crippen LogP contribution is -2.14. The maximum absolute atomic E-state index is 12.0. The van der Waals surface area contributed by atoms with Crippen molar-refractivity contribution in [1.82, 2.24) is 20.2 Å². The number of nitrogens with one attached hydrogen (secondary N) is 1. The minimum absolute atomic E-state index is 0.0450. The zero-order valence-electron chi connectivity index (χ0n) is 11.5. The number of amides is 1. The highest BCUT2D eigenvalue weighted by Gasteiger charge is 2.05. The zero-order chi connectivity index (χ0) is 15.4. The number of hydrogen-bond acceptors (Lipinski definition) is 4. The molecule has 0 aliphatic carbocycles. The predicted molar refractivity (Wildman–Crippen MR) is 90.6 cm³/mol. The van der Waals surface area contributed by atoms with Gasteiger partial charge in [0.1, 0.15) is 6.33 Å². The number of carbonyl (C=O) groups excluding carboxylic acids is 1. The number of nitrogens with zero attached hydrogens (tertiary/aromatic N) is 4. The van der Waals surface area contributed by atoms with E-state index in [1.54, 1.807) is 4.68 Å². The summed E-state index contributed by atoms with van der Waals surface area (Å²) >= 11 is 2.23. The van der Waals surface area contributed by atoms with Crippen LogP contribution in [0.15, 0.2) is 54.9 Å². The molecular formula is C15H12IN5O. The molecule has 0 radical (unpaired) electrons. The van der Waals surface area contributed by atoms with Gasteiger partial charge in [0.05, 0.1) is 12.1 Å². The third-order valence-corrected chi connectivity index (χ3v) is 3.76. The van der Waals surface area contributed by atoms with Gasteiger partial charge in [-0.15, -0.1) is 5.10 Å². The van der Waals surface area contributed by atoms with Crippen LogP contribution in [0.4, 0.5) is 5.69 Å². The molecule has 2 aromatic carbocycles. The van der Waals surface area contributed by atoms with Crippen molar-refractivity contribution in [3.05, 3.63) is 64.0 Å². The molecule has 1 heterocycles. The smallest absolute Gasteiger partial charge is 0.228 e. The molecule has 110 valence electrons. The standard InChI is InChI=1S/C15H12IN5O/c16-12-3-5-13(6-4-12)18-15(22)9-11-1-7-14(8-2-11)21-10-17-19-20-21/h1-8,10H,9H2,(H,18,22). The van der Waals surface area contributed by atoms with Gasteiger partial charge in [0.25, 0.3) is 0 Å². The molecule has 1 aromatic heterocycles. The van der Waals surface area contributed by atoms with Gasteiger partial charge < -0.3 is 5.32 Å². The van der Waals surface area contributed by atoms with Crippen LogP contribution < -0.4 is 5.32 Å². The lowest BCUT2D eigenvalue weighted by molar-refractivity contribution is -0.115. The van der Waals surface area contributed by atoms with Gasteiger partial charge in [-0.25, -0.2) is 4.68 Å². The first-order valence-electron chi connectivity index (χ1n) is 6.58. The first-order chi connectivity index (χ1) is 10.7. The third kappa shape index (κ3) is 3.67. The van der Waals surface area contributed by atoms with E-state index >= 15 is 0 Å². The molecule has 22 heavy (non-hydrogen) atoms. The second-order valence-electron chi connectivity index (χ2n) is 4.65. The van der Waals surface area contributed by atoms with E-state index in [0.29, 0.717) is 6.42 Å². The van der Waals surface area contributed by atoms with Crippen molar-refractivity contribution in [3.8, 4) is 5.69 Å². The number of hydrogen-bond donors (Lipinski definition) is 1. The molecule has 0 unspecified atom stereocenters. The molecule has 3 aromatic rings. The second kappa shape index (κ2) is 6.65. The highest BCUT2D eigenvalue weighted by atomic mass is 127. The molecule has 0 atom stereocenters. The number of aromatic nitrogens is 4. The monoisotopic (exact) mass is 405 g/mol. The molecular weight excluding hydrogens is 393 g/mol. The van der Waals surface area contributed by atoms with Gasteiger partial charge in [-0.3, -0.25) is 4.79 Å². The summed E-state index contributed by atoms with van der Waals surface area (Å²) in [5.41, 5.74) is 2.59. The first kappa shape index (κ1) is 14.6. The van der Waals surface area contributed by atoms with Crippen molar-refractivity contribution in [2.75, 3.05) is 5.32 Å². The molecule has 0 saturated carbocycles. The van der Waals surface area contributed by atoms with Gasteiger partial charge in [0.15, 0.2) is 0 Å². The van der Waals surface area contributed by atoms with Crippen molar-refractivity contribution < 1.29 is 4.79 Å². The molecule has 3 rings (SSSR count). The topological polar surface area (TPSA) is 72.7 Å². The van der Waals surface area contributed by atoms with E-state index in [4.69, 9.17) is 0 Å². The van der Waals surface area contributed by atoms with Crippen LogP contribution >= 0.6 is 22.6 Å². The Morgan fingerprint density at radius 1 is 1.09 bits per heavy atom. The summed E-state index contributed by atoms with van der Waals surface area (Å²) in [6.07, 6.45) is 1.85. The number of halogens is 1. The van der Waals surface area contributed by atoms with E-state index in [-0.39, 0.29) is 5.91 Å². The van der Waals surface area contributed by atoms with E-state index in [1.807, 2.05) is 48.5 Å². The average Bonchev–Trinajstić information content (AvgIpc) is 3.05. The molecule has 1 amide bonds. The van der Waals surface area contributed by atoms with E-state index in [2.05, 4.69) is 43.4 Å². The maximum atomic E-state index is 12.0. The summed E-state index contributed by atoms with van der Waals surface area (Å²) in [7, 11) is 0. The molecule has 0 aliphatic rings. The van der Waals surface area contributed by atoms with Gasteiger partial charge in [0, 0.05) is 9.26 Å². The number of rotatable bonds is 4.